The number of halogens is 3. The fourth-order valence-electron chi connectivity index (χ4n) is 2.92. The highest BCUT2D eigenvalue weighted by atomic mass is 127. The third-order valence-electron chi connectivity index (χ3n) is 4.30. The molecule has 0 radical (unpaired) electrons. The minimum Gasteiger partial charge on any atom is -0.459 e. The lowest BCUT2D eigenvalue weighted by atomic mass is 10.1. The van der Waals surface area contributed by atoms with Crippen molar-refractivity contribution >= 4 is 65.7 Å². The molecule has 29 heavy (non-hydrogen) atoms. The van der Waals surface area contributed by atoms with Gasteiger partial charge in [-0.15, -0.1) is 0 Å². The molecule has 0 saturated carbocycles. The van der Waals surface area contributed by atoms with Crippen molar-refractivity contribution in [1.82, 2.24) is 4.57 Å². The minimum absolute atomic E-state index is 0.0312. The summed E-state index contributed by atoms with van der Waals surface area (Å²) >= 11 is 14.1. The predicted octanol–water partition coefficient (Wildman–Crippen LogP) is 7.36. The van der Waals surface area contributed by atoms with E-state index in [-0.39, 0.29) is 33.3 Å². The molecule has 0 amide bonds. The van der Waals surface area contributed by atoms with Crippen LogP contribution in [-0.4, -0.2) is 14.5 Å². The van der Waals surface area contributed by atoms with Crippen LogP contribution in [0.25, 0.3) is 0 Å². The van der Waals surface area contributed by atoms with Gasteiger partial charge in [0, 0.05) is 28.4 Å². The van der Waals surface area contributed by atoms with E-state index in [2.05, 4.69) is 44.7 Å². The Kier molecular flexibility index (Phi) is 8.07. The van der Waals surface area contributed by atoms with Gasteiger partial charge in [0.25, 0.3) is 0 Å². The molecule has 7 heteroatoms. The first-order chi connectivity index (χ1) is 13.8. The lowest BCUT2D eigenvalue weighted by Crippen LogP contribution is -2.09. The number of carbonyl (C=O) groups is 1. The van der Waals surface area contributed by atoms with Crippen LogP contribution in [0, 0.1) is 0 Å². The molecule has 154 valence electrons. The summed E-state index contributed by atoms with van der Waals surface area (Å²) in [4.78, 5) is 12.4. The van der Waals surface area contributed by atoms with Gasteiger partial charge in [-0.25, -0.2) is 0 Å². The number of rotatable bonds is 7. The molecule has 2 heterocycles. The molecule has 0 spiro atoms. The molecule has 1 aliphatic rings. The lowest BCUT2D eigenvalue weighted by molar-refractivity contribution is -0.142. The SMILES string of the molecule is CC(=O)OCc1cc(C(C)C)c(Sc2cc(Cl)cc(Cl)c2)n1CC1=CC=IC=C1. The second-order valence-electron chi connectivity index (χ2n) is 6.91. The molecule has 0 aliphatic carbocycles. The Hall–Kier alpha value is -1.02. The van der Waals surface area contributed by atoms with E-state index in [0.717, 1.165) is 22.2 Å². The molecule has 1 aromatic carbocycles. The third-order valence-corrected chi connectivity index (χ3v) is 7.40. The number of esters is 1. The Labute approximate surface area is 195 Å². The van der Waals surface area contributed by atoms with Gasteiger partial charge in [-0.1, -0.05) is 81.7 Å². The number of ether oxygens (including phenoxy) is 1. The summed E-state index contributed by atoms with van der Waals surface area (Å²) in [5.74, 6) is 0.0346. The molecule has 0 atom stereocenters. The van der Waals surface area contributed by atoms with Gasteiger partial charge >= 0.3 is 5.97 Å². The van der Waals surface area contributed by atoms with Gasteiger partial charge < -0.3 is 9.30 Å². The zero-order chi connectivity index (χ0) is 21.0. The quantitative estimate of drug-likeness (QED) is 0.261. The third kappa shape index (κ3) is 6.23. The van der Waals surface area contributed by atoms with Crippen LogP contribution in [0.3, 0.4) is 0 Å². The first-order valence-corrected chi connectivity index (χ1v) is 13.2. The summed E-state index contributed by atoms with van der Waals surface area (Å²) < 4.78 is 12.1. The average Bonchev–Trinajstić information content (AvgIpc) is 2.97. The number of nitrogens with zero attached hydrogens (tertiary/aromatic N) is 1. The highest BCUT2D eigenvalue weighted by Crippen LogP contribution is 2.39. The van der Waals surface area contributed by atoms with Gasteiger partial charge in [0.2, 0.25) is 0 Å². The van der Waals surface area contributed by atoms with Crippen LogP contribution in [0.2, 0.25) is 10.0 Å². The summed E-state index contributed by atoms with van der Waals surface area (Å²) in [5, 5.41) is 2.34. The van der Waals surface area contributed by atoms with Gasteiger partial charge in [-0.3, -0.25) is 4.79 Å². The molecule has 0 bridgehead atoms. The van der Waals surface area contributed by atoms with Crippen LogP contribution < -0.4 is 0 Å². The fourth-order valence-corrected chi connectivity index (χ4v) is 6.45. The van der Waals surface area contributed by atoms with E-state index in [1.807, 2.05) is 12.1 Å². The summed E-state index contributed by atoms with van der Waals surface area (Å²) in [6.45, 7) is 6.74. The molecule has 0 unspecified atom stereocenters. The predicted molar refractivity (Wildman–Crippen MR) is 132 cm³/mol. The van der Waals surface area contributed by atoms with Crippen LogP contribution in [0.1, 0.15) is 37.9 Å². The van der Waals surface area contributed by atoms with Crippen LogP contribution in [0.15, 0.2) is 56.0 Å². The summed E-state index contributed by atoms with van der Waals surface area (Å²) in [6.07, 6.45) is 4.39. The van der Waals surface area contributed by atoms with E-state index in [0.29, 0.717) is 16.0 Å². The Morgan fingerprint density at radius 3 is 2.52 bits per heavy atom. The Bertz CT molecular complexity index is 988. The van der Waals surface area contributed by atoms with Crippen LogP contribution in [0.5, 0.6) is 0 Å². The van der Waals surface area contributed by atoms with E-state index in [1.165, 1.54) is 18.1 Å². The van der Waals surface area contributed by atoms with E-state index in [1.54, 1.807) is 17.8 Å². The number of benzene rings is 1. The molecule has 0 N–H and O–H groups in total. The summed E-state index contributed by atoms with van der Waals surface area (Å²) in [6, 6.07) is 7.72. The number of allylic oxidation sites excluding steroid dienone is 3. The van der Waals surface area contributed by atoms with Crippen LogP contribution >= 0.6 is 55.7 Å². The summed E-state index contributed by atoms with van der Waals surface area (Å²) in [7, 11) is 0. The second kappa shape index (κ2) is 10.3. The molecule has 0 saturated heterocycles. The molecule has 3 rings (SSSR count). The monoisotopic (exact) mass is 561 g/mol. The van der Waals surface area contributed by atoms with Crippen molar-refractivity contribution < 1.29 is 9.53 Å². The van der Waals surface area contributed by atoms with Crippen molar-refractivity contribution in [2.75, 3.05) is 0 Å². The van der Waals surface area contributed by atoms with Crippen molar-refractivity contribution in [2.24, 2.45) is 0 Å². The van der Waals surface area contributed by atoms with Gasteiger partial charge in [-0.05, 0) is 49.4 Å². The van der Waals surface area contributed by atoms with Crippen molar-refractivity contribution in [3.63, 3.8) is 0 Å². The maximum Gasteiger partial charge on any atom is 0.303 e. The van der Waals surface area contributed by atoms with E-state index >= 15 is 0 Å². The first kappa shape index (κ1) is 22.7. The standard InChI is InChI=1S/C22H22Cl2INO2S/c1-14(2)21-11-19(13-28-15(3)27)26(12-16-4-6-25-7-5-16)22(21)29-20-9-17(23)8-18(24)10-20/h4-11,14H,12-13H2,1-3H3. The lowest BCUT2D eigenvalue weighted by Gasteiger charge is -2.16. The van der Waals surface area contributed by atoms with Crippen molar-refractivity contribution in [2.45, 2.75) is 49.8 Å². The molecule has 3 nitrogen and oxygen atoms in total. The maximum atomic E-state index is 11.4. The zero-order valence-corrected chi connectivity index (χ0v) is 20.9. The Morgan fingerprint density at radius 1 is 1.21 bits per heavy atom. The van der Waals surface area contributed by atoms with Crippen LogP contribution in [0.4, 0.5) is 0 Å². The number of aromatic nitrogens is 1. The van der Waals surface area contributed by atoms with E-state index < -0.39 is 0 Å². The normalized spacial score (nSPS) is 13.4. The maximum absolute atomic E-state index is 11.4. The molecule has 1 aliphatic heterocycles. The highest BCUT2D eigenvalue weighted by molar-refractivity contribution is 14.2. The topological polar surface area (TPSA) is 31.2 Å². The molecule has 2 aromatic rings. The number of hydrogen-bond donors (Lipinski definition) is 0. The number of carbonyl (C=O) groups excluding carboxylic acids is 1. The molecule has 0 fully saturated rings. The number of hydrogen-bond acceptors (Lipinski definition) is 3. The first-order valence-electron chi connectivity index (χ1n) is 9.14. The van der Waals surface area contributed by atoms with Crippen molar-refractivity contribution in [1.29, 1.82) is 0 Å². The molecular formula is C22H22Cl2INO2S. The average molecular weight is 562 g/mol. The zero-order valence-electron chi connectivity index (χ0n) is 16.4. The van der Waals surface area contributed by atoms with E-state index in [4.69, 9.17) is 27.9 Å². The Morgan fingerprint density at radius 2 is 1.93 bits per heavy atom. The van der Waals surface area contributed by atoms with Gasteiger partial charge in [0.1, 0.15) is 6.61 Å². The molecule has 1 aromatic heterocycles. The second-order valence-corrected chi connectivity index (χ2v) is 11.0. The van der Waals surface area contributed by atoms with Crippen molar-refractivity contribution in [3.8, 4) is 0 Å². The smallest absolute Gasteiger partial charge is 0.303 e. The molecular weight excluding hydrogens is 540 g/mol. The largest absolute Gasteiger partial charge is 0.459 e. The van der Waals surface area contributed by atoms with E-state index in [9.17, 15) is 4.79 Å². The van der Waals surface area contributed by atoms with Gasteiger partial charge in [-0.2, -0.15) is 0 Å². The minimum atomic E-state index is -0.283. The fraction of sp³-hybridized carbons (Fsp3) is 0.273. The van der Waals surface area contributed by atoms with Gasteiger partial charge in [0.15, 0.2) is 0 Å². The highest BCUT2D eigenvalue weighted by Gasteiger charge is 2.20. The summed E-state index contributed by atoms with van der Waals surface area (Å²) in [5.41, 5.74) is 3.43. The van der Waals surface area contributed by atoms with Gasteiger partial charge in [0.05, 0.1) is 10.7 Å². The van der Waals surface area contributed by atoms with Crippen LogP contribution in [-0.2, 0) is 22.7 Å². The Balaban J connectivity index is 2.06. The van der Waals surface area contributed by atoms with Crippen molar-refractivity contribution in [3.05, 3.63) is 67.4 Å².